The molecule has 3 heteroatoms. The number of aliphatic imine (C=N–C) groups is 1. The van der Waals surface area contributed by atoms with Gasteiger partial charge in [-0.05, 0) is 59.8 Å². The SMILES string of the molecule is C=Nc1c(/C=C\C)ccc2c(-c3ccc4c(c3)c3cccc5c6cccc7cccc(c76)n4c53)ccnc12. The van der Waals surface area contributed by atoms with E-state index < -0.39 is 0 Å². The second-order valence-electron chi connectivity index (χ2n) is 9.87. The van der Waals surface area contributed by atoms with Crippen LogP contribution in [0.1, 0.15) is 12.5 Å². The van der Waals surface area contributed by atoms with E-state index in [-0.39, 0.29) is 0 Å². The molecule has 0 radical (unpaired) electrons. The van der Waals surface area contributed by atoms with E-state index in [1.807, 2.05) is 19.2 Å². The molecule has 8 aromatic rings. The van der Waals surface area contributed by atoms with Gasteiger partial charge in [0, 0.05) is 38.7 Å². The summed E-state index contributed by atoms with van der Waals surface area (Å²) in [7, 11) is 0. The maximum Gasteiger partial charge on any atom is 0.0970 e. The van der Waals surface area contributed by atoms with Crippen LogP contribution in [0.2, 0.25) is 0 Å². The minimum absolute atomic E-state index is 0.821. The number of aromatic nitrogens is 2. The van der Waals surface area contributed by atoms with Gasteiger partial charge in [-0.1, -0.05) is 78.9 Å². The molecular weight excluding hydrogens is 462 g/mol. The van der Waals surface area contributed by atoms with Gasteiger partial charge in [0.25, 0.3) is 0 Å². The van der Waals surface area contributed by atoms with Gasteiger partial charge in [0.2, 0.25) is 0 Å². The first-order chi connectivity index (χ1) is 18.8. The quantitative estimate of drug-likeness (QED) is 0.139. The van der Waals surface area contributed by atoms with Crippen LogP contribution < -0.4 is 0 Å². The molecule has 3 heterocycles. The van der Waals surface area contributed by atoms with E-state index in [4.69, 9.17) is 4.98 Å². The molecule has 0 atom stereocenters. The zero-order valence-corrected chi connectivity index (χ0v) is 20.9. The Morgan fingerprint density at radius 1 is 0.763 bits per heavy atom. The molecule has 0 unspecified atom stereocenters. The Bertz CT molecular complexity index is 2260. The van der Waals surface area contributed by atoms with Gasteiger partial charge >= 0.3 is 0 Å². The number of pyridine rings is 2. The Labute approximate surface area is 219 Å². The Morgan fingerprint density at radius 2 is 1.55 bits per heavy atom. The summed E-state index contributed by atoms with van der Waals surface area (Å²) in [6, 6.07) is 33.1. The monoisotopic (exact) mass is 485 g/mol. The van der Waals surface area contributed by atoms with Crippen molar-refractivity contribution >= 4 is 78.3 Å². The lowest BCUT2D eigenvalue weighted by Crippen LogP contribution is -1.92. The van der Waals surface area contributed by atoms with Crippen molar-refractivity contribution in [3.05, 3.63) is 109 Å². The number of allylic oxidation sites excluding steroid dienone is 1. The van der Waals surface area contributed by atoms with Crippen molar-refractivity contribution in [2.45, 2.75) is 6.92 Å². The zero-order chi connectivity index (χ0) is 25.4. The lowest BCUT2D eigenvalue weighted by Gasteiger charge is -2.12. The first-order valence-electron chi connectivity index (χ1n) is 12.9. The number of benzene rings is 5. The number of hydrogen-bond acceptors (Lipinski definition) is 2. The number of para-hydroxylation sites is 1. The van der Waals surface area contributed by atoms with E-state index in [0.29, 0.717) is 0 Å². The molecule has 0 aliphatic heterocycles. The normalized spacial score (nSPS) is 12.3. The van der Waals surface area contributed by atoms with Crippen molar-refractivity contribution in [1.82, 2.24) is 9.38 Å². The van der Waals surface area contributed by atoms with Crippen LogP contribution in [0.5, 0.6) is 0 Å². The van der Waals surface area contributed by atoms with Crippen LogP contribution in [-0.2, 0) is 0 Å². The summed E-state index contributed by atoms with van der Waals surface area (Å²) < 4.78 is 2.45. The third kappa shape index (κ3) is 2.68. The van der Waals surface area contributed by atoms with Crippen LogP contribution in [0, 0.1) is 0 Å². The van der Waals surface area contributed by atoms with E-state index in [1.165, 1.54) is 48.9 Å². The van der Waals surface area contributed by atoms with Gasteiger partial charge in [0.05, 0.1) is 27.8 Å². The van der Waals surface area contributed by atoms with Gasteiger partial charge in [0.15, 0.2) is 0 Å². The second kappa shape index (κ2) is 7.74. The molecule has 0 fully saturated rings. The van der Waals surface area contributed by atoms with Gasteiger partial charge in [-0.3, -0.25) is 9.98 Å². The van der Waals surface area contributed by atoms with E-state index in [9.17, 15) is 0 Å². The molecule has 0 aliphatic rings. The molecule has 0 aliphatic carbocycles. The Hall–Kier alpha value is -5.02. The summed E-state index contributed by atoms with van der Waals surface area (Å²) in [5.74, 6) is 0. The van der Waals surface area contributed by atoms with Gasteiger partial charge in [-0.15, -0.1) is 0 Å². The molecule has 3 nitrogen and oxygen atoms in total. The maximum absolute atomic E-state index is 4.70. The van der Waals surface area contributed by atoms with E-state index in [0.717, 1.165) is 33.3 Å². The molecule has 5 aromatic carbocycles. The predicted octanol–water partition coefficient (Wildman–Crippen LogP) is 9.57. The maximum atomic E-state index is 4.70. The second-order valence-corrected chi connectivity index (χ2v) is 9.87. The number of fused-ring (bicyclic) bond motifs is 6. The van der Waals surface area contributed by atoms with Crippen LogP contribution >= 0.6 is 0 Å². The van der Waals surface area contributed by atoms with Crippen molar-refractivity contribution in [2.24, 2.45) is 4.99 Å². The minimum atomic E-state index is 0.821. The van der Waals surface area contributed by atoms with Gasteiger partial charge < -0.3 is 4.40 Å². The summed E-state index contributed by atoms with van der Waals surface area (Å²) in [5, 5.41) is 8.78. The van der Waals surface area contributed by atoms with Crippen LogP contribution in [0.3, 0.4) is 0 Å². The van der Waals surface area contributed by atoms with Crippen molar-refractivity contribution in [2.75, 3.05) is 0 Å². The fourth-order valence-electron chi connectivity index (χ4n) is 6.39. The summed E-state index contributed by atoms with van der Waals surface area (Å²) in [6.45, 7) is 5.84. The molecule has 0 bridgehead atoms. The molecule has 0 saturated heterocycles. The smallest absolute Gasteiger partial charge is 0.0970 e. The molecule has 0 N–H and O–H groups in total. The molecule has 38 heavy (non-hydrogen) atoms. The number of rotatable bonds is 3. The van der Waals surface area contributed by atoms with Crippen molar-refractivity contribution in [3.8, 4) is 11.1 Å². The predicted molar refractivity (Wildman–Crippen MR) is 163 cm³/mol. The first-order valence-corrected chi connectivity index (χ1v) is 12.9. The summed E-state index contributed by atoms with van der Waals surface area (Å²) >= 11 is 0. The van der Waals surface area contributed by atoms with Crippen molar-refractivity contribution in [1.29, 1.82) is 0 Å². The van der Waals surface area contributed by atoms with E-state index in [1.54, 1.807) is 0 Å². The van der Waals surface area contributed by atoms with Crippen LogP contribution in [0.4, 0.5) is 5.69 Å². The number of nitrogens with zero attached hydrogens (tertiary/aromatic N) is 3. The Kier molecular flexibility index (Phi) is 4.30. The molecule has 3 aromatic heterocycles. The zero-order valence-electron chi connectivity index (χ0n) is 20.9. The van der Waals surface area contributed by atoms with E-state index in [2.05, 4.69) is 113 Å². The first kappa shape index (κ1) is 21.1. The standard InChI is InChI=1S/C35H23N3/c1-3-7-22-14-16-26-24(18-19-37-34(26)33(22)36-2)23-15-17-30-29(20-23)28-12-6-11-27-25-10-4-8-21-9-5-13-31(32(21)25)38(30)35(27)28/h3-20H,2H2,1H3/b7-3-. The van der Waals surface area contributed by atoms with Gasteiger partial charge in [0.1, 0.15) is 0 Å². The molecule has 178 valence electrons. The molecule has 0 spiro atoms. The summed E-state index contributed by atoms with van der Waals surface area (Å²) in [5.41, 5.74) is 8.78. The van der Waals surface area contributed by atoms with Crippen molar-refractivity contribution in [3.63, 3.8) is 0 Å². The van der Waals surface area contributed by atoms with E-state index >= 15 is 0 Å². The highest BCUT2D eigenvalue weighted by Gasteiger charge is 2.18. The molecule has 0 saturated carbocycles. The molecule has 0 amide bonds. The van der Waals surface area contributed by atoms with Crippen LogP contribution in [0.15, 0.2) is 108 Å². The average Bonchev–Trinajstić information content (AvgIpc) is 3.30. The third-order valence-corrected chi connectivity index (χ3v) is 7.93. The highest BCUT2D eigenvalue weighted by Crippen LogP contribution is 2.42. The summed E-state index contributed by atoms with van der Waals surface area (Å²) in [4.78, 5) is 9.05. The van der Waals surface area contributed by atoms with Crippen LogP contribution in [0.25, 0.3) is 77.0 Å². The number of hydrogen-bond donors (Lipinski definition) is 0. The van der Waals surface area contributed by atoms with Gasteiger partial charge in [-0.25, -0.2) is 0 Å². The van der Waals surface area contributed by atoms with Crippen molar-refractivity contribution < 1.29 is 0 Å². The summed E-state index contributed by atoms with van der Waals surface area (Å²) in [6.07, 6.45) is 5.95. The Morgan fingerprint density at radius 3 is 2.39 bits per heavy atom. The van der Waals surface area contributed by atoms with Gasteiger partial charge in [-0.2, -0.15) is 0 Å². The largest absolute Gasteiger partial charge is 0.308 e. The highest BCUT2D eigenvalue weighted by atomic mass is 14.9. The fourth-order valence-corrected chi connectivity index (χ4v) is 6.39. The lowest BCUT2D eigenvalue weighted by molar-refractivity contribution is 1.35. The highest BCUT2D eigenvalue weighted by molar-refractivity contribution is 6.27. The average molecular weight is 486 g/mol. The minimum Gasteiger partial charge on any atom is -0.308 e. The lowest BCUT2D eigenvalue weighted by atomic mass is 9.97. The Balaban J connectivity index is 1.48. The fraction of sp³-hybridized carbons (Fsp3) is 0.0286. The molecule has 8 rings (SSSR count). The molecular formula is C35H23N3. The third-order valence-electron chi connectivity index (χ3n) is 7.93. The topological polar surface area (TPSA) is 29.7 Å². The van der Waals surface area contributed by atoms with Crippen LogP contribution in [-0.4, -0.2) is 16.1 Å².